The van der Waals surface area contributed by atoms with Gasteiger partial charge in [-0.05, 0) is 17.7 Å². The van der Waals surface area contributed by atoms with Crippen LogP contribution in [-0.4, -0.2) is 23.1 Å². The molecule has 3 N–H and O–H groups in total. The van der Waals surface area contributed by atoms with Crippen molar-refractivity contribution in [2.24, 2.45) is 0 Å². The maximum Gasteiger partial charge on any atom is 0.456 e. The minimum atomic E-state index is -1.36. The van der Waals surface area contributed by atoms with Crippen molar-refractivity contribution >= 4 is 18.7 Å². The van der Waals surface area contributed by atoms with Crippen molar-refractivity contribution in [1.82, 2.24) is 0 Å². The normalized spacial score (nSPS) is 9.80. The molecule has 0 fully saturated rings. The molecule has 80 valence electrons. The Morgan fingerprint density at radius 2 is 2.20 bits per heavy atom. The molecule has 4 nitrogen and oxygen atoms in total. The van der Waals surface area contributed by atoms with Crippen LogP contribution in [0.4, 0.5) is 5.69 Å². The first kappa shape index (κ1) is 11.7. The van der Waals surface area contributed by atoms with E-state index in [4.69, 9.17) is 10.0 Å². The molecule has 0 saturated carbocycles. The zero-order chi connectivity index (χ0) is 11.3. The van der Waals surface area contributed by atoms with Crippen LogP contribution in [0.15, 0.2) is 24.3 Å². The maximum atomic E-state index is 11.1. The molecule has 0 bridgehead atoms. The van der Waals surface area contributed by atoms with Crippen LogP contribution in [0, 0.1) is 0 Å². The van der Waals surface area contributed by atoms with Crippen LogP contribution < -0.4 is 5.32 Å². The van der Waals surface area contributed by atoms with Gasteiger partial charge in [-0.3, -0.25) is 4.79 Å². The third-order valence-corrected chi connectivity index (χ3v) is 1.95. The van der Waals surface area contributed by atoms with Crippen LogP contribution in [0.3, 0.4) is 0 Å². The molecule has 5 heteroatoms. The first-order chi connectivity index (χ1) is 7.11. The highest BCUT2D eigenvalue weighted by atomic mass is 16.4. The van der Waals surface area contributed by atoms with E-state index in [0.29, 0.717) is 12.1 Å². The van der Waals surface area contributed by atoms with Crippen molar-refractivity contribution in [3.05, 3.63) is 29.8 Å². The van der Waals surface area contributed by atoms with E-state index in [1.807, 2.05) is 0 Å². The van der Waals surface area contributed by atoms with Gasteiger partial charge in [0.1, 0.15) is 0 Å². The molecular formula is C10H14BNO3. The Hall–Kier alpha value is -1.33. The Bertz CT molecular complexity index is 341. The first-order valence-corrected chi connectivity index (χ1v) is 4.86. The van der Waals surface area contributed by atoms with Gasteiger partial charge in [0.15, 0.2) is 0 Å². The average molecular weight is 207 g/mol. The second-order valence-electron chi connectivity index (χ2n) is 3.29. The molecule has 0 aliphatic heterocycles. The van der Waals surface area contributed by atoms with Crippen molar-refractivity contribution in [1.29, 1.82) is 0 Å². The molecule has 0 aliphatic rings. The quantitative estimate of drug-likeness (QED) is 0.632. The second-order valence-corrected chi connectivity index (χ2v) is 3.29. The number of amides is 1. The first-order valence-electron chi connectivity index (χ1n) is 4.86. The van der Waals surface area contributed by atoms with Gasteiger partial charge in [0.25, 0.3) is 0 Å². The molecule has 0 atom stereocenters. The summed E-state index contributed by atoms with van der Waals surface area (Å²) in [6.45, 7) is 1.77. The van der Waals surface area contributed by atoms with Gasteiger partial charge in [-0.15, -0.1) is 0 Å². The fraction of sp³-hybridized carbons (Fsp3) is 0.300. The van der Waals surface area contributed by atoms with Crippen LogP contribution in [0.2, 0.25) is 0 Å². The molecule has 15 heavy (non-hydrogen) atoms. The van der Waals surface area contributed by atoms with Gasteiger partial charge >= 0.3 is 7.12 Å². The summed E-state index contributed by atoms with van der Waals surface area (Å²) in [7, 11) is -1.36. The highest BCUT2D eigenvalue weighted by molar-refractivity contribution is 6.40. The Balaban J connectivity index is 2.69. The minimum Gasteiger partial charge on any atom is -0.427 e. The number of hydrogen-bond donors (Lipinski definition) is 3. The van der Waals surface area contributed by atoms with Crippen molar-refractivity contribution in [3.8, 4) is 0 Å². The SMILES string of the molecule is CCC(=O)Nc1cccc(CB(O)O)c1. The van der Waals surface area contributed by atoms with Gasteiger partial charge < -0.3 is 15.4 Å². The molecule has 1 amide bonds. The second kappa shape index (κ2) is 5.53. The van der Waals surface area contributed by atoms with E-state index in [9.17, 15) is 4.79 Å². The van der Waals surface area contributed by atoms with Gasteiger partial charge in [-0.25, -0.2) is 0 Å². The Kier molecular flexibility index (Phi) is 4.33. The van der Waals surface area contributed by atoms with Crippen LogP contribution in [0.5, 0.6) is 0 Å². The van der Waals surface area contributed by atoms with Gasteiger partial charge in [0.2, 0.25) is 5.91 Å². The van der Waals surface area contributed by atoms with E-state index in [1.54, 1.807) is 31.2 Å². The fourth-order valence-corrected chi connectivity index (χ4v) is 1.24. The van der Waals surface area contributed by atoms with Crippen LogP contribution in [0.25, 0.3) is 0 Å². The highest BCUT2D eigenvalue weighted by Crippen LogP contribution is 2.11. The van der Waals surface area contributed by atoms with E-state index in [1.165, 1.54) is 0 Å². The van der Waals surface area contributed by atoms with E-state index in [2.05, 4.69) is 5.32 Å². The summed E-state index contributed by atoms with van der Waals surface area (Å²) in [6, 6.07) is 7.04. The molecule has 1 aromatic rings. The van der Waals surface area contributed by atoms with Crippen molar-refractivity contribution in [2.75, 3.05) is 5.32 Å². The van der Waals surface area contributed by atoms with E-state index in [-0.39, 0.29) is 12.2 Å². The number of hydrogen-bond acceptors (Lipinski definition) is 3. The van der Waals surface area contributed by atoms with Gasteiger partial charge in [-0.1, -0.05) is 19.1 Å². The third-order valence-electron chi connectivity index (χ3n) is 1.95. The minimum absolute atomic E-state index is 0.0586. The number of benzene rings is 1. The summed E-state index contributed by atoms with van der Waals surface area (Å²) in [5.74, 6) is -0.0586. The number of nitrogens with one attached hydrogen (secondary N) is 1. The van der Waals surface area contributed by atoms with Gasteiger partial charge in [-0.2, -0.15) is 0 Å². The molecule has 0 radical (unpaired) electrons. The summed E-state index contributed by atoms with van der Waals surface area (Å²) in [5.41, 5.74) is 1.46. The predicted octanol–water partition coefficient (Wildman–Crippen LogP) is 0.590. The molecule has 0 saturated heterocycles. The maximum absolute atomic E-state index is 11.1. The van der Waals surface area contributed by atoms with Crippen LogP contribution in [-0.2, 0) is 11.1 Å². The molecule has 0 unspecified atom stereocenters. The standard InChI is InChI=1S/C10H14BNO3/c1-2-10(13)12-9-5-3-4-8(6-9)7-11(14)15/h3-6,14-15H,2,7H2,1H3,(H,12,13). The summed E-state index contributed by atoms with van der Waals surface area (Å²) in [6.07, 6.45) is 0.586. The number of rotatable bonds is 4. The molecule has 1 rings (SSSR count). The molecule has 0 aromatic heterocycles. The summed E-state index contributed by atoms with van der Waals surface area (Å²) in [5, 5.41) is 20.3. The van der Waals surface area contributed by atoms with Gasteiger partial charge in [0, 0.05) is 18.4 Å². The summed E-state index contributed by atoms with van der Waals surface area (Å²) >= 11 is 0. The molecule has 0 spiro atoms. The Morgan fingerprint density at radius 1 is 1.47 bits per heavy atom. The van der Waals surface area contributed by atoms with Crippen molar-refractivity contribution in [3.63, 3.8) is 0 Å². The highest BCUT2D eigenvalue weighted by Gasteiger charge is 2.08. The van der Waals surface area contributed by atoms with E-state index in [0.717, 1.165) is 5.56 Å². The largest absolute Gasteiger partial charge is 0.456 e. The smallest absolute Gasteiger partial charge is 0.427 e. The molecule has 1 aromatic carbocycles. The third kappa shape index (κ3) is 4.14. The number of anilines is 1. The topological polar surface area (TPSA) is 69.6 Å². The zero-order valence-electron chi connectivity index (χ0n) is 8.60. The lowest BCUT2D eigenvalue weighted by Gasteiger charge is -2.05. The van der Waals surface area contributed by atoms with E-state index >= 15 is 0 Å². The fourth-order valence-electron chi connectivity index (χ4n) is 1.24. The van der Waals surface area contributed by atoms with Crippen LogP contribution in [0.1, 0.15) is 18.9 Å². The monoisotopic (exact) mass is 207 g/mol. The van der Waals surface area contributed by atoms with Gasteiger partial charge in [0.05, 0.1) is 0 Å². The number of carbonyl (C=O) groups excluding carboxylic acids is 1. The predicted molar refractivity (Wildman–Crippen MR) is 59.3 cm³/mol. The lowest BCUT2D eigenvalue weighted by atomic mass is 9.82. The lowest BCUT2D eigenvalue weighted by molar-refractivity contribution is -0.115. The Labute approximate surface area is 89.1 Å². The number of carbonyl (C=O) groups is 1. The lowest BCUT2D eigenvalue weighted by Crippen LogP contribution is -2.15. The summed E-state index contributed by atoms with van der Waals surface area (Å²) < 4.78 is 0. The van der Waals surface area contributed by atoms with Crippen molar-refractivity contribution < 1.29 is 14.8 Å². The molecule has 0 heterocycles. The average Bonchev–Trinajstić information content (AvgIpc) is 2.17. The summed E-state index contributed by atoms with van der Waals surface area (Å²) in [4.78, 5) is 11.1. The van der Waals surface area contributed by atoms with Crippen LogP contribution >= 0.6 is 0 Å². The molecular weight excluding hydrogens is 193 g/mol. The van der Waals surface area contributed by atoms with E-state index < -0.39 is 7.12 Å². The molecule has 0 aliphatic carbocycles. The zero-order valence-corrected chi connectivity index (χ0v) is 8.60. The Morgan fingerprint density at radius 3 is 2.80 bits per heavy atom. The van der Waals surface area contributed by atoms with Crippen molar-refractivity contribution in [2.45, 2.75) is 19.7 Å².